The number of ether oxygens (including phenoxy) is 2. The van der Waals surface area contributed by atoms with E-state index in [1.165, 1.54) is 16.6 Å². The largest absolute Gasteiger partial charge is 0.501 e. The Morgan fingerprint density at radius 3 is 2.54 bits per heavy atom. The molecule has 1 saturated heterocycles. The number of nitrogens with zero attached hydrogens (tertiary/aromatic N) is 3. The highest BCUT2D eigenvalue weighted by Crippen LogP contribution is 2.38. The lowest BCUT2D eigenvalue weighted by Crippen LogP contribution is -2.52. The molecular formula is C14H17N3O7. The monoisotopic (exact) mass is 339 g/mol. The van der Waals surface area contributed by atoms with E-state index in [0.717, 1.165) is 0 Å². The van der Waals surface area contributed by atoms with Gasteiger partial charge >= 0.3 is 12.1 Å². The summed E-state index contributed by atoms with van der Waals surface area (Å²) in [5, 5.41) is 18.9. The normalized spacial score (nSPS) is 19.0. The van der Waals surface area contributed by atoms with Gasteiger partial charge in [0.05, 0.1) is 20.3 Å². The van der Waals surface area contributed by atoms with E-state index in [-0.39, 0.29) is 19.0 Å². The summed E-state index contributed by atoms with van der Waals surface area (Å²) in [7, 11) is 1.29. The van der Waals surface area contributed by atoms with Crippen molar-refractivity contribution in [2.75, 3.05) is 26.8 Å². The van der Waals surface area contributed by atoms with Crippen molar-refractivity contribution in [2.45, 2.75) is 25.0 Å². The number of piperidine rings is 1. The SMILES string of the molecule is COC(=O)N1CCC2(CC1)OCCn1c2nc(C(=O)O)c(O)c1=O. The quantitative estimate of drug-likeness (QED) is 0.715. The molecule has 0 radical (unpaired) electrons. The fraction of sp³-hybridized carbons (Fsp3) is 0.571. The van der Waals surface area contributed by atoms with Crippen LogP contribution in [0, 0.1) is 0 Å². The molecule has 0 atom stereocenters. The summed E-state index contributed by atoms with van der Waals surface area (Å²) in [6, 6.07) is 0. The molecule has 1 amide bonds. The van der Waals surface area contributed by atoms with Crippen molar-refractivity contribution >= 4 is 12.1 Å². The Bertz CT molecular complexity index is 749. The highest BCUT2D eigenvalue weighted by Gasteiger charge is 2.45. The minimum Gasteiger partial charge on any atom is -0.501 e. The van der Waals surface area contributed by atoms with Gasteiger partial charge < -0.3 is 24.6 Å². The molecule has 0 unspecified atom stereocenters. The molecule has 0 aromatic carbocycles. The molecule has 24 heavy (non-hydrogen) atoms. The maximum atomic E-state index is 12.3. The number of carboxylic acids is 1. The van der Waals surface area contributed by atoms with Gasteiger partial charge in [-0.2, -0.15) is 0 Å². The fourth-order valence-electron chi connectivity index (χ4n) is 3.19. The van der Waals surface area contributed by atoms with Crippen LogP contribution in [0.5, 0.6) is 5.75 Å². The van der Waals surface area contributed by atoms with Crippen molar-refractivity contribution in [1.82, 2.24) is 14.5 Å². The third-order valence-electron chi connectivity index (χ3n) is 4.45. The fourth-order valence-corrected chi connectivity index (χ4v) is 3.19. The number of fused-ring (bicyclic) bond motifs is 2. The Morgan fingerprint density at radius 1 is 1.29 bits per heavy atom. The summed E-state index contributed by atoms with van der Waals surface area (Å²) < 4.78 is 11.8. The van der Waals surface area contributed by atoms with E-state index >= 15 is 0 Å². The number of carbonyl (C=O) groups excluding carboxylic acids is 1. The van der Waals surface area contributed by atoms with E-state index in [1.54, 1.807) is 0 Å². The molecule has 0 saturated carbocycles. The Hall–Kier alpha value is -2.62. The maximum Gasteiger partial charge on any atom is 0.409 e. The minimum absolute atomic E-state index is 0.178. The first-order valence-corrected chi connectivity index (χ1v) is 7.44. The van der Waals surface area contributed by atoms with Crippen molar-refractivity contribution < 1.29 is 29.3 Å². The van der Waals surface area contributed by atoms with Crippen LogP contribution in [0.4, 0.5) is 4.79 Å². The number of amides is 1. The van der Waals surface area contributed by atoms with Crippen LogP contribution in [0.3, 0.4) is 0 Å². The molecule has 1 spiro atoms. The van der Waals surface area contributed by atoms with Crippen molar-refractivity contribution in [3.8, 4) is 5.75 Å². The second kappa shape index (κ2) is 5.78. The third-order valence-corrected chi connectivity index (χ3v) is 4.45. The topological polar surface area (TPSA) is 131 Å². The summed E-state index contributed by atoms with van der Waals surface area (Å²) in [4.78, 5) is 40.6. The summed E-state index contributed by atoms with van der Waals surface area (Å²) in [6.07, 6.45) is 0.236. The van der Waals surface area contributed by atoms with Crippen molar-refractivity contribution in [3.63, 3.8) is 0 Å². The van der Waals surface area contributed by atoms with Gasteiger partial charge in [-0.25, -0.2) is 14.6 Å². The van der Waals surface area contributed by atoms with E-state index in [4.69, 9.17) is 9.84 Å². The number of aromatic hydroxyl groups is 1. The van der Waals surface area contributed by atoms with Gasteiger partial charge in [0.2, 0.25) is 5.75 Å². The molecule has 1 aromatic heterocycles. The standard InChI is InChI=1S/C14H17N3O7/c1-23-13(22)16-4-2-14(3-5-16)12-15-8(11(20)21)9(18)10(19)17(12)6-7-24-14/h18H,2-7H2,1H3,(H,20,21). The Labute approximate surface area is 136 Å². The number of methoxy groups -OCH3 is 1. The van der Waals surface area contributed by atoms with Gasteiger partial charge in [-0.1, -0.05) is 0 Å². The number of aromatic carboxylic acids is 1. The van der Waals surface area contributed by atoms with Crippen LogP contribution in [0.1, 0.15) is 29.2 Å². The number of aromatic nitrogens is 2. The van der Waals surface area contributed by atoms with Crippen LogP contribution >= 0.6 is 0 Å². The molecule has 0 aliphatic carbocycles. The summed E-state index contributed by atoms with van der Waals surface area (Å²) in [6.45, 7) is 1.06. The highest BCUT2D eigenvalue weighted by molar-refractivity contribution is 5.88. The first kappa shape index (κ1) is 16.2. The van der Waals surface area contributed by atoms with E-state index in [0.29, 0.717) is 25.9 Å². The number of rotatable bonds is 1. The summed E-state index contributed by atoms with van der Waals surface area (Å²) in [5.74, 6) is -2.19. The van der Waals surface area contributed by atoms with Crippen molar-refractivity contribution in [3.05, 3.63) is 21.9 Å². The predicted molar refractivity (Wildman–Crippen MR) is 78.0 cm³/mol. The molecule has 2 aliphatic heterocycles. The van der Waals surface area contributed by atoms with Crippen molar-refractivity contribution in [2.24, 2.45) is 0 Å². The molecule has 1 aromatic rings. The van der Waals surface area contributed by atoms with Gasteiger partial charge in [-0.15, -0.1) is 0 Å². The molecule has 0 bridgehead atoms. The number of hydrogen-bond donors (Lipinski definition) is 2. The molecule has 130 valence electrons. The van der Waals surface area contributed by atoms with Crippen LogP contribution in [-0.2, 0) is 21.6 Å². The zero-order chi connectivity index (χ0) is 17.5. The van der Waals surface area contributed by atoms with Gasteiger partial charge in [-0.3, -0.25) is 9.36 Å². The van der Waals surface area contributed by atoms with Gasteiger partial charge in [0, 0.05) is 25.9 Å². The second-order valence-electron chi connectivity index (χ2n) is 5.69. The lowest BCUT2D eigenvalue weighted by Gasteiger charge is -2.43. The van der Waals surface area contributed by atoms with Crippen molar-refractivity contribution in [1.29, 1.82) is 0 Å². The molecule has 2 aliphatic rings. The van der Waals surface area contributed by atoms with Gasteiger partial charge in [0.1, 0.15) is 11.4 Å². The molecule has 10 nitrogen and oxygen atoms in total. The van der Waals surface area contributed by atoms with E-state index in [9.17, 15) is 19.5 Å². The molecule has 2 N–H and O–H groups in total. The van der Waals surface area contributed by atoms with Crippen LogP contribution < -0.4 is 5.56 Å². The Morgan fingerprint density at radius 2 is 1.96 bits per heavy atom. The van der Waals surface area contributed by atoms with Crippen LogP contribution in [0.25, 0.3) is 0 Å². The lowest BCUT2D eigenvalue weighted by atomic mass is 9.89. The smallest absolute Gasteiger partial charge is 0.409 e. The Kier molecular flexibility index (Phi) is 3.91. The molecule has 3 heterocycles. The average molecular weight is 339 g/mol. The second-order valence-corrected chi connectivity index (χ2v) is 5.69. The molecule has 1 fully saturated rings. The lowest BCUT2D eigenvalue weighted by molar-refractivity contribution is -0.114. The predicted octanol–water partition coefficient (Wildman–Crippen LogP) is -0.265. The number of carbonyl (C=O) groups is 2. The number of hydrogen-bond acceptors (Lipinski definition) is 7. The van der Waals surface area contributed by atoms with E-state index in [2.05, 4.69) is 9.72 Å². The van der Waals surface area contributed by atoms with Crippen LogP contribution in [0.2, 0.25) is 0 Å². The summed E-state index contributed by atoms with van der Waals surface area (Å²) in [5.41, 5.74) is -2.44. The van der Waals surface area contributed by atoms with Gasteiger partial charge in [0.15, 0.2) is 5.69 Å². The van der Waals surface area contributed by atoms with Gasteiger partial charge in [0.25, 0.3) is 5.56 Å². The molecular weight excluding hydrogens is 322 g/mol. The zero-order valence-corrected chi connectivity index (χ0v) is 13.0. The van der Waals surface area contributed by atoms with Crippen LogP contribution in [-0.4, -0.2) is 63.5 Å². The Balaban J connectivity index is 2.02. The first-order valence-electron chi connectivity index (χ1n) is 7.44. The summed E-state index contributed by atoms with van der Waals surface area (Å²) >= 11 is 0. The maximum absolute atomic E-state index is 12.3. The molecule has 10 heteroatoms. The third kappa shape index (κ3) is 2.39. The number of likely N-dealkylation sites (tertiary alicyclic amines) is 1. The van der Waals surface area contributed by atoms with Gasteiger partial charge in [-0.05, 0) is 0 Å². The van der Waals surface area contributed by atoms with E-state index < -0.39 is 34.7 Å². The van der Waals surface area contributed by atoms with Crippen LogP contribution in [0.15, 0.2) is 4.79 Å². The zero-order valence-electron chi connectivity index (χ0n) is 13.0. The average Bonchev–Trinajstić information content (AvgIpc) is 2.58. The highest BCUT2D eigenvalue weighted by atomic mass is 16.5. The molecule has 3 rings (SSSR count). The first-order chi connectivity index (χ1) is 11.4. The van der Waals surface area contributed by atoms with E-state index in [1.807, 2.05) is 0 Å². The number of carboxylic acid groups (broad SMARTS) is 1. The minimum atomic E-state index is -1.49.